The van der Waals surface area contributed by atoms with E-state index in [4.69, 9.17) is 4.98 Å². The van der Waals surface area contributed by atoms with Crippen LogP contribution in [0.5, 0.6) is 0 Å². The maximum Gasteiger partial charge on any atom is 0.229 e. The monoisotopic (exact) mass is 428 g/mol. The highest BCUT2D eigenvalue weighted by atomic mass is 32.2. The first kappa shape index (κ1) is 20.2. The number of nitrogens with one attached hydrogen (secondary N) is 1. The normalized spacial score (nSPS) is 15.8. The van der Waals surface area contributed by atoms with E-state index in [9.17, 15) is 8.42 Å². The summed E-state index contributed by atoms with van der Waals surface area (Å²) >= 11 is 0. The molecule has 3 aromatic heterocycles. The molecule has 0 aromatic carbocycles. The van der Waals surface area contributed by atoms with Crippen LogP contribution in [0.3, 0.4) is 0 Å². The van der Waals surface area contributed by atoms with E-state index in [1.54, 1.807) is 18.5 Å². The molecule has 1 unspecified atom stereocenters. The predicted octanol–water partition coefficient (Wildman–Crippen LogP) is 2.48. The van der Waals surface area contributed by atoms with Gasteiger partial charge >= 0.3 is 0 Å². The van der Waals surface area contributed by atoms with Gasteiger partial charge in [-0.1, -0.05) is 6.92 Å². The van der Waals surface area contributed by atoms with Crippen molar-refractivity contribution in [3.8, 4) is 17.1 Å². The summed E-state index contributed by atoms with van der Waals surface area (Å²) in [5, 5.41) is 8.68. The molecule has 3 aromatic rings. The molecule has 0 saturated heterocycles. The van der Waals surface area contributed by atoms with Crippen molar-refractivity contribution < 1.29 is 8.42 Å². The molecular formula is C19H24N8O2S. The molecule has 158 valence electrons. The van der Waals surface area contributed by atoms with Gasteiger partial charge in [-0.2, -0.15) is 0 Å². The highest BCUT2D eigenvalue weighted by molar-refractivity contribution is 7.92. The second-order valence-corrected chi connectivity index (χ2v) is 9.31. The van der Waals surface area contributed by atoms with Gasteiger partial charge in [0.1, 0.15) is 11.5 Å². The smallest absolute Gasteiger partial charge is 0.229 e. The summed E-state index contributed by atoms with van der Waals surface area (Å²) in [4.78, 5) is 15.7. The van der Waals surface area contributed by atoms with Gasteiger partial charge in [-0.05, 0) is 33.3 Å². The fraction of sp³-hybridized carbons (Fsp3) is 0.421. The summed E-state index contributed by atoms with van der Waals surface area (Å²) in [5.41, 5.74) is 1.70. The van der Waals surface area contributed by atoms with E-state index in [1.165, 1.54) is 6.20 Å². The second kappa shape index (κ2) is 7.31. The lowest BCUT2D eigenvalue weighted by Crippen LogP contribution is -2.40. The van der Waals surface area contributed by atoms with E-state index in [0.717, 1.165) is 35.8 Å². The summed E-state index contributed by atoms with van der Waals surface area (Å²) in [6, 6.07) is 1.88. The van der Waals surface area contributed by atoms with E-state index in [-0.39, 0.29) is 12.1 Å². The van der Waals surface area contributed by atoms with Gasteiger partial charge in [-0.3, -0.25) is 14.3 Å². The number of rotatable bonds is 5. The molecule has 0 spiro atoms. The van der Waals surface area contributed by atoms with Crippen LogP contribution in [0.4, 0.5) is 11.5 Å². The molecular weight excluding hydrogens is 404 g/mol. The van der Waals surface area contributed by atoms with Crippen molar-refractivity contribution in [3.63, 3.8) is 0 Å². The molecule has 0 amide bonds. The first-order valence-corrected chi connectivity index (χ1v) is 11.6. The van der Waals surface area contributed by atoms with Crippen molar-refractivity contribution in [2.75, 3.05) is 15.9 Å². The maximum atomic E-state index is 11.8. The van der Waals surface area contributed by atoms with Crippen molar-refractivity contribution in [1.82, 2.24) is 29.7 Å². The van der Waals surface area contributed by atoms with Crippen LogP contribution in [0, 0.1) is 6.92 Å². The van der Waals surface area contributed by atoms with Gasteiger partial charge in [0, 0.05) is 17.8 Å². The molecule has 10 nitrogen and oxygen atoms in total. The molecule has 4 heterocycles. The number of aromatic nitrogens is 6. The fourth-order valence-corrected chi connectivity index (χ4v) is 4.42. The molecule has 1 N–H and O–H groups in total. The van der Waals surface area contributed by atoms with Crippen molar-refractivity contribution in [3.05, 3.63) is 36.3 Å². The minimum Gasteiger partial charge on any atom is -0.342 e. The standard InChI is InChI=1S/C19H24N8O2S/c1-6-15-19-24-23-12(4)27(19)16-10-21-17(22-18(16)26(15)11(2)3)13-7-8-20-9-14(13)25-30(5,28)29/h7-11,15,25H,6H2,1-5H3. The van der Waals surface area contributed by atoms with Crippen molar-refractivity contribution >= 4 is 21.5 Å². The van der Waals surface area contributed by atoms with E-state index in [1.807, 2.05) is 11.5 Å². The summed E-state index contributed by atoms with van der Waals surface area (Å²) in [7, 11) is -3.48. The molecule has 0 radical (unpaired) electrons. The zero-order valence-corrected chi connectivity index (χ0v) is 18.3. The molecule has 1 atom stereocenters. The van der Waals surface area contributed by atoms with Gasteiger partial charge in [-0.25, -0.2) is 18.4 Å². The Hall–Kier alpha value is -3.08. The quantitative estimate of drug-likeness (QED) is 0.658. The number of aryl methyl sites for hydroxylation is 1. The molecule has 0 bridgehead atoms. The molecule has 0 fully saturated rings. The molecule has 11 heteroatoms. The van der Waals surface area contributed by atoms with Gasteiger partial charge in [-0.15, -0.1) is 10.2 Å². The molecule has 1 aliphatic rings. The van der Waals surface area contributed by atoms with Crippen LogP contribution in [0.2, 0.25) is 0 Å². The SMILES string of the molecule is CCC1c2nnc(C)n2-c2cnc(-c3ccncc3NS(C)(=O)=O)nc2N1C(C)C. The number of fused-ring (bicyclic) bond motifs is 3. The Labute approximate surface area is 175 Å². The lowest BCUT2D eigenvalue weighted by molar-refractivity contribution is 0.496. The van der Waals surface area contributed by atoms with Crippen molar-refractivity contribution in [2.24, 2.45) is 0 Å². The van der Waals surface area contributed by atoms with Crippen LogP contribution < -0.4 is 9.62 Å². The Kier molecular flexibility index (Phi) is 4.92. The number of anilines is 2. The number of pyridine rings is 1. The Bertz CT molecular complexity index is 1200. The largest absolute Gasteiger partial charge is 0.342 e. The maximum absolute atomic E-state index is 11.8. The third-order valence-electron chi connectivity index (χ3n) is 5.02. The van der Waals surface area contributed by atoms with Crippen LogP contribution in [-0.2, 0) is 10.0 Å². The van der Waals surface area contributed by atoms with Crippen LogP contribution in [0.1, 0.15) is 44.9 Å². The highest BCUT2D eigenvalue weighted by Gasteiger charge is 2.36. The Morgan fingerprint density at radius 2 is 2.00 bits per heavy atom. The van der Waals surface area contributed by atoms with Gasteiger partial charge in [0.15, 0.2) is 17.5 Å². The highest BCUT2D eigenvalue weighted by Crippen LogP contribution is 2.41. The zero-order chi connectivity index (χ0) is 21.6. The number of sulfonamides is 1. The van der Waals surface area contributed by atoms with Crippen LogP contribution in [-0.4, -0.2) is 50.4 Å². The third kappa shape index (κ3) is 3.38. The minimum absolute atomic E-state index is 0.0208. The lowest BCUT2D eigenvalue weighted by atomic mass is 10.1. The number of nitrogens with zero attached hydrogens (tertiary/aromatic N) is 7. The molecule has 1 aliphatic heterocycles. The van der Waals surface area contributed by atoms with Gasteiger partial charge < -0.3 is 4.90 Å². The second-order valence-electron chi connectivity index (χ2n) is 7.56. The first-order valence-electron chi connectivity index (χ1n) is 9.71. The van der Waals surface area contributed by atoms with Crippen molar-refractivity contribution in [2.45, 2.75) is 46.2 Å². The van der Waals surface area contributed by atoms with E-state index in [2.05, 4.69) is 50.6 Å². The third-order valence-corrected chi connectivity index (χ3v) is 5.61. The summed E-state index contributed by atoms with van der Waals surface area (Å²) in [5.74, 6) is 2.82. The van der Waals surface area contributed by atoms with E-state index >= 15 is 0 Å². The lowest BCUT2D eigenvalue weighted by Gasteiger charge is -2.39. The van der Waals surface area contributed by atoms with Crippen LogP contribution in [0.25, 0.3) is 17.1 Å². The molecule has 0 aliphatic carbocycles. The van der Waals surface area contributed by atoms with Crippen LogP contribution >= 0.6 is 0 Å². The summed E-state index contributed by atoms with van der Waals surface area (Å²) in [6.45, 7) is 8.23. The van der Waals surface area contributed by atoms with Crippen LogP contribution in [0.15, 0.2) is 24.7 Å². The minimum atomic E-state index is -3.48. The molecule has 4 rings (SSSR count). The topological polar surface area (TPSA) is 119 Å². The Morgan fingerprint density at radius 3 is 2.67 bits per heavy atom. The van der Waals surface area contributed by atoms with Gasteiger partial charge in [0.05, 0.1) is 30.4 Å². The summed E-state index contributed by atoms with van der Waals surface area (Å²) in [6.07, 6.45) is 6.72. The molecule has 0 saturated carbocycles. The fourth-order valence-electron chi connectivity index (χ4n) is 3.86. The van der Waals surface area contributed by atoms with E-state index < -0.39 is 10.0 Å². The van der Waals surface area contributed by atoms with Gasteiger partial charge in [0.2, 0.25) is 10.0 Å². The average molecular weight is 429 g/mol. The Morgan fingerprint density at radius 1 is 1.23 bits per heavy atom. The van der Waals surface area contributed by atoms with Crippen molar-refractivity contribution in [1.29, 1.82) is 0 Å². The first-order chi connectivity index (χ1) is 14.2. The zero-order valence-electron chi connectivity index (χ0n) is 17.5. The van der Waals surface area contributed by atoms with E-state index in [0.29, 0.717) is 17.1 Å². The predicted molar refractivity (Wildman–Crippen MR) is 114 cm³/mol. The Balaban J connectivity index is 1.92. The molecule has 30 heavy (non-hydrogen) atoms. The summed E-state index contributed by atoms with van der Waals surface area (Å²) < 4.78 is 28.0. The number of hydrogen-bond acceptors (Lipinski definition) is 8. The average Bonchev–Trinajstić information content (AvgIpc) is 3.07. The van der Waals surface area contributed by atoms with Gasteiger partial charge in [0.25, 0.3) is 0 Å². The number of hydrogen-bond donors (Lipinski definition) is 1.